The van der Waals surface area contributed by atoms with Crippen molar-refractivity contribution in [2.45, 2.75) is 12.8 Å². The standard InChI is InChI=1S/C13H13N7O3/c1-7(12-16-18-19-17-12)5-15-13(21)10-6-14-11-3-2-8(20(22)23)4-9(10)11/h2-4,6-7,14H,5H2,1H3,(H,15,21)(H,16,17,18,19). The van der Waals surface area contributed by atoms with E-state index in [2.05, 4.69) is 30.9 Å². The van der Waals surface area contributed by atoms with Crippen LogP contribution >= 0.6 is 0 Å². The van der Waals surface area contributed by atoms with Gasteiger partial charge in [-0.15, -0.1) is 10.2 Å². The lowest BCUT2D eigenvalue weighted by Crippen LogP contribution is -2.27. The number of hydrogen-bond acceptors (Lipinski definition) is 6. The van der Waals surface area contributed by atoms with Crippen LogP contribution in [0.2, 0.25) is 0 Å². The highest BCUT2D eigenvalue weighted by molar-refractivity contribution is 6.07. The lowest BCUT2D eigenvalue weighted by atomic mass is 10.1. The Balaban J connectivity index is 1.78. The van der Waals surface area contributed by atoms with Gasteiger partial charge in [-0.2, -0.15) is 5.21 Å². The normalized spacial score (nSPS) is 12.2. The third kappa shape index (κ3) is 2.86. The smallest absolute Gasteiger partial charge is 0.270 e. The zero-order chi connectivity index (χ0) is 16.4. The molecule has 2 aromatic heterocycles. The van der Waals surface area contributed by atoms with Crippen LogP contribution in [0.4, 0.5) is 5.69 Å². The average Bonchev–Trinajstić information content (AvgIpc) is 3.20. The predicted molar refractivity (Wildman–Crippen MR) is 79.9 cm³/mol. The SMILES string of the molecule is CC(CNC(=O)c1c[nH]c2ccc([N+](=O)[O-])cc12)c1nn[nH]n1. The van der Waals surface area contributed by atoms with E-state index >= 15 is 0 Å². The predicted octanol–water partition coefficient (Wildman–Crippen LogP) is 1.12. The summed E-state index contributed by atoms with van der Waals surface area (Å²) in [6.45, 7) is 2.17. The molecule has 2 heterocycles. The van der Waals surface area contributed by atoms with Crippen molar-refractivity contribution in [3.63, 3.8) is 0 Å². The highest BCUT2D eigenvalue weighted by Crippen LogP contribution is 2.23. The van der Waals surface area contributed by atoms with Gasteiger partial charge in [0, 0.05) is 41.7 Å². The molecule has 0 aliphatic heterocycles. The summed E-state index contributed by atoms with van der Waals surface area (Å²) in [5.41, 5.74) is 0.947. The molecule has 3 aromatic rings. The molecule has 118 valence electrons. The molecule has 23 heavy (non-hydrogen) atoms. The van der Waals surface area contributed by atoms with Crippen LogP contribution < -0.4 is 5.32 Å². The fourth-order valence-electron chi connectivity index (χ4n) is 2.22. The summed E-state index contributed by atoms with van der Waals surface area (Å²) in [5.74, 6) is 0.0594. The number of nitrogens with one attached hydrogen (secondary N) is 3. The molecule has 1 amide bonds. The van der Waals surface area contributed by atoms with Gasteiger partial charge in [-0.1, -0.05) is 12.1 Å². The van der Waals surface area contributed by atoms with Crippen LogP contribution in [0.15, 0.2) is 24.4 Å². The Kier molecular flexibility index (Phi) is 3.71. The highest BCUT2D eigenvalue weighted by Gasteiger charge is 2.17. The summed E-state index contributed by atoms with van der Waals surface area (Å²) in [6.07, 6.45) is 1.53. The topological polar surface area (TPSA) is 142 Å². The maximum absolute atomic E-state index is 12.3. The fraction of sp³-hybridized carbons (Fsp3) is 0.231. The first-order valence-corrected chi connectivity index (χ1v) is 6.83. The Morgan fingerprint density at radius 2 is 2.30 bits per heavy atom. The quantitative estimate of drug-likeness (QED) is 0.475. The number of nitrogens with zero attached hydrogens (tertiary/aromatic N) is 4. The van der Waals surface area contributed by atoms with Crippen LogP contribution in [0.3, 0.4) is 0 Å². The Morgan fingerprint density at radius 3 is 3.00 bits per heavy atom. The van der Waals surface area contributed by atoms with Crippen molar-refractivity contribution in [3.05, 3.63) is 45.9 Å². The van der Waals surface area contributed by atoms with E-state index in [1.165, 1.54) is 18.3 Å². The molecule has 0 radical (unpaired) electrons. The second kappa shape index (κ2) is 5.83. The van der Waals surface area contributed by atoms with Gasteiger partial charge in [0.05, 0.1) is 10.5 Å². The molecule has 0 saturated carbocycles. The van der Waals surface area contributed by atoms with Gasteiger partial charge in [0.25, 0.3) is 11.6 Å². The first-order valence-electron chi connectivity index (χ1n) is 6.83. The fourth-order valence-corrected chi connectivity index (χ4v) is 2.22. The number of aromatic nitrogens is 5. The van der Waals surface area contributed by atoms with E-state index in [1.54, 1.807) is 6.07 Å². The number of amides is 1. The summed E-state index contributed by atoms with van der Waals surface area (Å²) in [5, 5.41) is 27.7. The number of carbonyl (C=O) groups excluding carboxylic acids is 1. The van der Waals surface area contributed by atoms with Crippen molar-refractivity contribution < 1.29 is 9.72 Å². The number of non-ortho nitro benzene ring substituents is 1. The molecule has 0 fully saturated rings. The van der Waals surface area contributed by atoms with E-state index in [-0.39, 0.29) is 17.5 Å². The summed E-state index contributed by atoms with van der Waals surface area (Å²) < 4.78 is 0. The molecule has 1 unspecified atom stereocenters. The second-order valence-electron chi connectivity index (χ2n) is 5.07. The van der Waals surface area contributed by atoms with E-state index in [0.717, 1.165) is 0 Å². The van der Waals surface area contributed by atoms with Gasteiger partial charge < -0.3 is 10.3 Å². The molecule has 0 aliphatic rings. The lowest BCUT2D eigenvalue weighted by Gasteiger charge is -2.08. The minimum Gasteiger partial charge on any atom is -0.360 e. The summed E-state index contributed by atoms with van der Waals surface area (Å²) in [7, 11) is 0. The van der Waals surface area contributed by atoms with Crippen LogP contribution in [0.25, 0.3) is 10.9 Å². The summed E-state index contributed by atoms with van der Waals surface area (Å²) >= 11 is 0. The Morgan fingerprint density at radius 1 is 1.48 bits per heavy atom. The molecular formula is C13H13N7O3. The monoisotopic (exact) mass is 315 g/mol. The zero-order valence-electron chi connectivity index (χ0n) is 12.1. The van der Waals surface area contributed by atoms with Gasteiger partial charge in [-0.05, 0) is 6.07 Å². The number of tetrazole rings is 1. The molecular weight excluding hydrogens is 302 g/mol. The number of H-pyrrole nitrogens is 2. The van der Waals surface area contributed by atoms with E-state index in [1.807, 2.05) is 6.92 Å². The molecule has 1 aromatic carbocycles. The van der Waals surface area contributed by atoms with Crippen molar-refractivity contribution in [3.8, 4) is 0 Å². The van der Waals surface area contributed by atoms with Crippen LogP contribution in [-0.4, -0.2) is 43.0 Å². The van der Waals surface area contributed by atoms with Gasteiger partial charge in [0.2, 0.25) is 0 Å². The molecule has 0 spiro atoms. The number of fused-ring (bicyclic) bond motifs is 1. The maximum Gasteiger partial charge on any atom is 0.270 e. The molecule has 0 saturated heterocycles. The largest absolute Gasteiger partial charge is 0.360 e. The lowest BCUT2D eigenvalue weighted by molar-refractivity contribution is -0.384. The number of aromatic amines is 2. The second-order valence-corrected chi connectivity index (χ2v) is 5.07. The summed E-state index contributed by atoms with van der Waals surface area (Å²) in [6, 6.07) is 4.34. The zero-order valence-corrected chi connectivity index (χ0v) is 12.1. The average molecular weight is 315 g/mol. The van der Waals surface area contributed by atoms with E-state index in [9.17, 15) is 14.9 Å². The number of hydrogen-bond donors (Lipinski definition) is 3. The molecule has 0 aliphatic carbocycles. The van der Waals surface area contributed by atoms with Crippen LogP contribution in [0.1, 0.15) is 29.0 Å². The van der Waals surface area contributed by atoms with Gasteiger partial charge in [0.1, 0.15) is 0 Å². The Labute approximate surface area is 129 Å². The van der Waals surface area contributed by atoms with Crippen molar-refractivity contribution >= 4 is 22.5 Å². The van der Waals surface area contributed by atoms with Crippen molar-refractivity contribution in [2.75, 3.05) is 6.54 Å². The molecule has 3 N–H and O–H groups in total. The van der Waals surface area contributed by atoms with Gasteiger partial charge in [-0.25, -0.2) is 0 Å². The first kappa shape index (κ1) is 14.6. The van der Waals surface area contributed by atoms with Crippen LogP contribution in [0, 0.1) is 10.1 Å². The third-order valence-corrected chi connectivity index (χ3v) is 3.49. The first-order chi connectivity index (χ1) is 11.1. The van der Waals surface area contributed by atoms with Crippen molar-refractivity contribution in [1.82, 2.24) is 30.9 Å². The van der Waals surface area contributed by atoms with Crippen LogP contribution in [-0.2, 0) is 0 Å². The number of nitro groups is 1. The Hall–Kier alpha value is -3.30. The van der Waals surface area contributed by atoms with E-state index in [0.29, 0.717) is 28.8 Å². The number of rotatable bonds is 5. The third-order valence-electron chi connectivity index (χ3n) is 3.49. The maximum atomic E-state index is 12.3. The molecule has 3 rings (SSSR count). The highest BCUT2D eigenvalue weighted by atomic mass is 16.6. The van der Waals surface area contributed by atoms with Gasteiger partial charge in [0.15, 0.2) is 5.82 Å². The number of benzene rings is 1. The number of nitro benzene ring substituents is 1. The van der Waals surface area contributed by atoms with Gasteiger partial charge >= 0.3 is 0 Å². The molecule has 10 nitrogen and oxygen atoms in total. The molecule has 1 atom stereocenters. The van der Waals surface area contributed by atoms with Crippen LogP contribution in [0.5, 0.6) is 0 Å². The van der Waals surface area contributed by atoms with Crippen molar-refractivity contribution in [1.29, 1.82) is 0 Å². The number of carbonyl (C=O) groups is 1. The van der Waals surface area contributed by atoms with Crippen molar-refractivity contribution in [2.24, 2.45) is 0 Å². The van der Waals surface area contributed by atoms with E-state index < -0.39 is 4.92 Å². The minimum atomic E-state index is -0.494. The van der Waals surface area contributed by atoms with Gasteiger partial charge in [-0.3, -0.25) is 14.9 Å². The summed E-state index contributed by atoms with van der Waals surface area (Å²) in [4.78, 5) is 25.6. The molecule has 10 heteroatoms. The molecule has 0 bridgehead atoms. The minimum absolute atomic E-state index is 0.0636. The Bertz CT molecular complexity index is 856. The van der Waals surface area contributed by atoms with E-state index in [4.69, 9.17) is 0 Å².